The summed E-state index contributed by atoms with van der Waals surface area (Å²) >= 11 is 1.00. The van der Waals surface area contributed by atoms with Crippen molar-refractivity contribution in [2.24, 2.45) is 23.5 Å². The van der Waals surface area contributed by atoms with Crippen LogP contribution < -0.4 is 15.8 Å². The molecule has 0 aliphatic heterocycles. The molecule has 1 amide bonds. The van der Waals surface area contributed by atoms with Crippen molar-refractivity contribution in [3.05, 3.63) is 0 Å². The van der Waals surface area contributed by atoms with E-state index in [0.717, 1.165) is 43.3 Å². The zero-order valence-corrected chi connectivity index (χ0v) is 14.5. The molecule has 2 saturated carbocycles. The molecule has 2 bridgehead atoms. The van der Waals surface area contributed by atoms with Crippen LogP contribution in [0.25, 0.3) is 0 Å². The van der Waals surface area contributed by atoms with Gasteiger partial charge in [0.2, 0.25) is 26.2 Å². The number of aromatic nitrogens is 2. The predicted octanol–water partition coefficient (Wildman–Crippen LogP) is 1.00. The van der Waals surface area contributed by atoms with Crippen LogP contribution in [0.2, 0.25) is 0 Å². The van der Waals surface area contributed by atoms with Crippen LogP contribution in [-0.4, -0.2) is 36.8 Å². The predicted molar refractivity (Wildman–Crippen MR) is 88.5 cm³/mol. The van der Waals surface area contributed by atoms with Crippen molar-refractivity contribution in [3.63, 3.8) is 0 Å². The first-order chi connectivity index (χ1) is 10.8. The molecule has 0 radical (unpaired) electrons. The van der Waals surface area contributed by atoms with Crippen LogP contribution >= 0.6 is 11.3 Å². The Labute approximate surface area is 139 Å². The zero-order valence-electron chi connectivity index (χ0n) is 12.9. The fourth-order valence-electron chi connectivity index (χ4n) is 3.68. The number of sulfonamides is 1. The van der Waals surface area contributed by atoms with Gasteiger partial charge in [0.05, 0.1) is 6.26 Å². The summed E-state index contributed by atoms with van der Waals surface area (Å²) < 4.78 is 24.5. The van der Waals surface area contributed by atoms with E-state index in [1.54, 1.807) is 0 Å². The Morgan fingerprint density at radius 3 is 2.43 bits per heavy atom. The van der Waals surface area contributed by atoms with Crippen molar-refractivity contribution < 1.29 is 13.2 Å². The van der Waals surface area contributed by atoms with Crippen molar-refractivity contribution in [2.45, 2.75) is 38.1 Å². The largest absolute Gasteiger partial charge is 0.327 e. The van der Waals surface area contributed by atoms with E-state index < -0.39 is 10.0 Å². The highest BCUT2D eigenvalue weighted by molar-refractivity contribution is 7.92. The van der Waals surface area contributed by atoms with E-state index in [-0.39, 0.29) is 23.0 Å². The van der Waals surface area contributed by atoms with Crippen LogP contribution in [0.3, 0.4) is 0 Å². The summed E-state index contributed by atoms with van der Waals surface area (Å²) in [6.07, 6.45) is 6.07. The molecule has 4 N–H and O–H groups in total. The number of anilines is 2. The van der Waals surface area contributed by atoms with E-state index in [4.69, 9.17) is 5.73 Å². The molecule has 2 atom stereocenters. The fourth-order valence-corrected chi connectivity index (χ4v) is 5.16. The van der Waals surface area contributed by atoms with E-state index in [0.29, 0.717) is 17.0 Å². The summed E-state index contributed by atoms with van der Waals surface area (Å²) in [5, 5.41) is 10.7. The summed E-state index contributed by atoms with van der Waals surface area (Å²) in [7, 11) is -3.40. The number of amides is 1. The highest BCUT2D eigenvalue weighted by Crippen LogP contribution is 2.42. The number of hydrogen-bond donors (Lipinski definition) is 3. The summed E-state index contributed by atoms with van der Waals surface area (Å²) in [5.74, 6) is 0.724. The van der Waals surface area contributed by atoms with Gasteiger partial charge in [-0.3, -0.25) is 9.52 Å². The molecule has 23 heavy (non-hydrogen) atoms. The van der Waals surface area contributed by atoms with Crippen molar-refractivity contribution in [1.29, 1.82) is 0 Å². The topological polar surface area (TPSA) is 127 Å². The van der Waals surface area contributed by atoms with Gasteiger partial charge in [-0.15, -0.1) is 10.2 Å². The van der Waals surface area contributed by atoms with Gasteiger partial charge in [0.15, 0.2) is 0 Å². The third kappa shape index (κ3) is 3.99. The van der Waals surface area contributed by atoms with E-state index in [1.807, 2.05) is 0 Å². The highest BCUT2D eigenvalue weighted by atomic mass is 32.2. The Morgan fingerprint density at radius 2 is 1.83 bits per heavy atom. The van der Waals surface area contributed by atoms with E-state index in [9.17, 15) is 13.2 Å². The van der Waals surface area contributed by atoms with Gasteiger partial charge in [-0.1, -0.05) is 17.8 Å². The zero-order chi connectivity index (χ0) is 16.6. The number of carbonyl (C=O) groups excluding carboxylic acids is 1. The second kappa shape index (κ2) is 6.33. The standard InChI is InChI=1S/C13H21N5O3S2/c1-23(20,21)18-13-17-16-12(22-13)15-11(19)9-5-7-3-2-4-8(6-9)10(7)14/h7-10H,2-6,14H2,1H3,(H,17,18)(H,15,16,19). The molecular weight excluding hydrogens is 338 g/mol. The van der Waals surface area contributed by atoms with Gasteiger partial charge in [0.1, 0.15) is 0 Å². The lowest BCUT2D eigenvalue weighted by Crippen LogP contribution is -2.48. The van der Waals surface area contributed by atoms with Gasteiger partial charge in [0.25, 0.3) is 0 Å². The number of hydrogen-bond acceptors (Lipinski definition) is 7. The van der Waals surface area contributed by atoms with E-state index in [1.165, 1.54) is 6.42 Å². The molecule has 2 fully saturated rings. The summed E-state index contributed by atoms with van der Waals surface area (Å²) in [6, 6.07) is 0.222. The van der Waals surface area contributed by atoms with Gasteiger partial charge >= 0.3 is 0 Å². The average Bonchev–Trinajstić information content (AvgIpc) is 2.83. The number of nitrogens with one attached hydrogen (secondary N) is 2. The maximum atomic E-state index is 12.4. The van der Waals surface area contributed by atoms with Crippen LogP contribution in [0.15, 0.2) is 0 Å². The van der Waals surface area contributed by atoms with Crippen molar-refractivity contribution in [1.82, 2.24) is 10.2 Å². The maximum absolute atomic E-state index is 12.4. The first kappa shape index (κ1) is 16.6. The molecular formula is C13H21N5O3S2. The minimum Gasteiger partial charge on any atom is -0.327 e. The Balaban J connectivity index is 1.61. The SMILES string of the molecule is CS(=O)(=O)Nc1nnc(NC(=O)C2CC3CCCC(C2)C3N)s1. The first-order valence-corrected chi connectivity index (χ1v) is 10.4. The molecule has 2 unspecified atom stereocenters. The number of rotatable bonds is 4. The normalized spacial score (nSPS) is 30.7. The number of fused-ring (bicyclic) bond motifs is 2. The molecule has 3 rings (SSSR count). The summed E-state index contributed by atoms with van der Waals surface area (Å²) in [6.45, 7) is 0. The van der Waals surface area contributed by atoms with Crippen LogP contribution in [0.4, 0.5) is 10.3 Å². The van der Waals surface area contributed by atoms with Crippen molar-refractivity contribution in [2.75, 3.05) is 16.3 Å². The molecule has 1 aromatic rings. The van der Waals surface area contributed by atoms with Crippen molar-refractivity contribution >= 4 is 37.5 Å². The van der Waals surface area contributed by atoms with E-state index in [2.05, 4.69) is 20.2 Å². The smallest absolute Gasteiger partial charge is 0.231 e. The summed E-state index contributed by atoms with van der Waals surface area (Å²) in [4.78, 5) is 12.4. The van der Waals surface area contributed by atoms with Crippen molar-refractivity contribution in [3.8, 4) is 0 Å². The average molecular weight is 359 g/mol. The van der Waals surface area contributed by atoms with Crippen LogP contribution in [0.1, 0.15) is 32.1 Å². The van der Waals surface area contributed by atoms with Gasteiger partial charge in [-0.2, -0.15) is 0 Å². The van der Waals surface area contributed by atoms with Gasteiger partial charge in [-0.05, 0) is 37.5 Å². The van der Waals surface area contributed by atoms with Gasteiger partial charge in [0, 0.05) is 12.0 Å². The molecule has 0 spiro atoms. The third-order valence-electron chi connectivity index (χ3n) is 4.71. The van der Waals surface area contributed by atoms with E-state index >= 15 is 0 Å². The molecule has 1 aromatic heterocycles. The highest BCUT2D eigenvalue weighted by Gasteiger charge is 2.40. The van der Waals surface area contributed by atoms with Gasteiger partial charge in [-0.25, -0.2) is 8.42 Å². The minimum atomic E-state index is -3.40. The molecule has 0 aromatic carbocycles. The Hall–Kier alpha value is -1.26. The third-order valence-corrected chi connectivity index (χ3v) is 6.16. The number of nitrogens with zero attached hydrogens (tertiary/aromatic N) is 2. The molecule has 1 heterocycles. The molecule has 2 aliphatic rings. The second-order valence-corrected chi connectivity index (χ2v) is 9.20. The Kier molecular flexibility index (Phi) is 4.56. The quantitative estimate of drug-likeness (QED) is 0.736. The molecule has 8 nitrogen and oxygen atoms in total. The molecule has 2 aliphatic carbocycles. The fraction of sp³-hybridized carbons (Fsp3) is 0.769. The Bertz CT molecular complexity index is 676. The lowest BCUT2D eigenvalue weighted by atomic mass is 9.65. The number of nitrogens with two attached hydrogens (primary N) is 1. The van der Waals surface area contributed by atoms with Crippen LogP contribution in [0.5, 0.6) is 0 Å². The molecule has 10 heteroatoms. The van der Waals surface area contributed by atoms with Crippen LogP contribution in [-0.2, 0) is 14.8 Å². The maximum Gasteiger partial charge on any atom is 0.231 e. The number of carbonyl (C=O) groups is 1. The Morgan fingerprint density at radius 1 is 1.22 bits per heavy atom. The van der Waals surface area contributed by atoms with Gasteiger partial charge < -0.3 is 11.1 Å². The lowest BCUT2D eigenvalue weighted by molar-refractivity contribution is -0.122. The molecule has 0 saturated heterocycles. The first-order valence-electron chi connectivity index (χ1n) is 7.69. The summed E-state index contributed by atoms with van der Waals surface area (Å²) in [5.41, 5.74) is 6.24. The molecule has 128 valence electrons. The monoisotopic (exact) mass is 359 g/mol. The van der Waals surface area contributed by atoms with Crippen LogP contribution in [0, 0.1) is 17.8 Å². The minimum absolute atomic E-state index is 0.0553. The second-order valence-electron chi connectivity index (χ2n) is 6.47. The lowest BCUT2D eigenvalue weighted by Gasteiger charge is -2.43.